The van der Waals surface area contributed by atoms with Crippen LogP contribution in [0.25, 0.3) is 0 Å². The predicted molar refractivity (Wildman–Crippen MR) is 89.5 cm³/mol. The molecular formula is C17H23F3N2O2S. The zero-order valence-electron chi connectivity index (χ0n) is 14.2. The van der Waals surface area contributed by atoms with Gasteiger partial charge in [0, 0.05) is 25.2 Å². The summed E-state index contributed by atoms with van der Waals surface area (Å²) in [7, 11) is -3.20. The molecule has 1 aromatic carbocycles. The van der Waals surface area contributed by atoms with E-state index in [9.17, 15) is 21.6 Å². The van der Waals surface area contributed by atoms with Gasteiger partial charge >= 0.3 is 6.18 Å². The molecule has 140 valence electrons. The van der Waals surface area contributed by atoms with Gasteiger partial charge in [-0.15, -0.1) is 0 Å². The summed E-state index contributed by atoms with van der Waals surface area (Å²) in [5.41, 5.74) is 0.00447. The molecule has 1 atom stereocenters. The minimum atomic E-state index is -4.33. The molecular weight excluding hydrogens is 353 g/mol. The first-order valence-electron chi connectivity index (χ1n) is 8.55. The van der Waals surface area contributed by atoms with Crippen molar-refractivity contribution < 1.29 is 21.6 Å². The summed E-state index contributed by atoms with van der Waals surface area (Å²) in [6.45, 7) is 4.07. The number of hydrogen-bond acceptors (Lipinski definition) is 3. The molecule has 0 saturated carbocycles. The van der Waals surface area contributed by atoms with E-state index >= 15 is 0 Å². The van der Waals surface area contributed by atoms with Crippen LogP contribution in [0.2, 0.25) is 0 Å². The van der Waals surface area contributed by atoms with Crippen LogP contribution in [-0.2, 0) is 22.7 Å². The van der Waals surface area contributed by atoms with Crippen molar-refractivity contribution in [2.45, 2.75) is 44.4 Å². The van der Waals surface area contributed by atoms with Crippen molar-refractivity contribution in [1.29, 1.82) is 0 Å². The van der Waals surface area contributed by atoms with E-state index in [0.717, 1.165) is 43.5 Å². The van der Waals surface area contributed by atoms with Gasteiger partial charge < -0.3 is 0 Å². The molecule has 2 heterocycles. The average molecular weight is 376 g/mol. The summed E-state index contributed by atoms with van der Waals surface area (Å²) < 4.78 is 63.9. The summed E-state index contributed by atoms with van der Waals surface area (Å²) >= 11 is 0. The van der Waals surface area contributed by atoms with E-state index in [1.165, 1.54) is 12.1 Å². The first-order chi connectivity index (χ1) is 11.7. The lowest BCUT2D eigenvalue weighted by molar-refractivity contribution is -0.137. The van der Waals surface area contributed by atoms with Crippen molar-refractivity contribution in [2.24, 2.45) is 0 Å². The molecule has 2 aliphatic heterocycles. The zero-order valence-corrected chi connectivity index (χ0v) is 15.0. The van der Waals surface area contributed by atoms with Crippen molar-refractivity contribution in [1.82, 2.24) is 9.21 Å². The second-order valence-corrected chi connectivity index (χ2v) is 9.19. The van der Waals surface area contributed by atoms with Gasteiger partial charge in [-0.05, 0) is 50.4 Å². The highest BCUT2D eigenvalue weighted by atomic mass is 32.2. The fourth-order valence-corrected chi connectivity index (χ4v) is 5.13. The molecule has 2 saturated heterocycles. The van der Waals surface area contributed by atoms with Gasteiger partial charge in [0.25, 0.3) is 0 Å². The van der Waals surface area contributed by atoms with Gasteiger partial charge in [0.15, 0.2) is 0 Å². The van der Waals surface area contributed by atoms with E-state index in [0.29, 0.717) is 19.6 Å². The SMILES string of the molecule is CCS(=O)(=O)N1CC[C@]2(CCCN2Cc2ccc(C(F)(F)F)cc2)C1. The van der Waals surface area contributed by atoms with Crippen LogP contribution in [0, 0.1) is 0 Å². The maximum Gasteiger partial charge on any atom is 0.416 e. The molecule has 2 aliphatic rings. The number of rotatable bonds is 4. The fourth-order valence-electron chi connectivity index (χ4n) is 3.96. The fraction of sp³-hybridized carbons (Fsp3) is 0.647. The molecule has 4 nitrogen and oxygen atoms in total. The first kappa shape index (κ1) is 18.7. The van der Waals surface area contributed by atoms with Gasteiger partial charge in [-0.3, -0.25) is 4.90 Å². The Labute approximate surface area is 146 Å². The molecule has 3 rings (SSSR count). The third-order valence-corrected chi connectivity index (χ3v) is 7.28. The largest absolute Gasteiger partial charge is 0.416 e. The van der Waals surface area contributed by atoms with Crippen LogP contribution in [-0.4, -0.2) is 48.5 Å². The van der Waals surface area contributed by atoms with Crippen LogP contribution in [0.3, 0.4) is 0 Å². The Morgan fingerprint density at radius 1 is 1.12 bits per heavy atom. The van der Waals surface area contributed by atoms with Crippen LogP contribution in [0.15, 0.2) is 24.3 Å². The predicted octanol–water partition coefficient (Wildman–Crippen LogP) is 3.10. The molecule has 8 heteroatoms. The van der Waals surface area contributed by atoms with E-state index < -0.39 is 21.8 Å². The lowest BCUT2D eigenvalue weighted by atomic mass is 9.95. The number of hydrogen-bond donors (Lipinski definition) is 0. The average Bonchev–Trinajstić information content (AvgIpc) is 3.16. The van der Waals surface area contributed by atoms with Gasteiger partial charge in [0.05, 0.1) is 11.3 Å². The van der Waals surface area contributed by atoms with Gasteiger partial charge in [0.2, 0.25) is 10.0 Å². The molecule has 0 N–H and O–H groups in total. The van der Waals surface area contributed by atoms with Crippen molar-refractivity contribution in [3.05, 3.63) is 35.4 Å². The Kier molecular flexibility index (Phi) is 4.89. The normalized spacial score (nSPS) is 25.9. The van der Waals surface area contributed by atoms with Crippen LogP contribution >= 0.6 is 0 Å². The number of benzene rings is 1. The van der Waals surface area contributed by atoms with Gasteiger partial charge in [-0.25, -0.2) is 12.7 Å². The molecule has 0 unspecified atom stereocenters. The van der Waals surface area contributed by atoms with Crippen molar-refractivity contribution in [2.75, 3.05) is 25.4 Å². The number of sulfonamides is 1. The Morgan fingerprint density at radius 2 is 1.80 bits per heavy atom. The molecule has 0 radical (unpaired) electrons. The number of alkyl halides is 3. The molecule has 25 heavy (non-hydrogen) atoms. The number of halogens is 3. The van der Waals surface area contributed by atoms with E-state index in [1.807, 2.05) is 0 Å². The highest BCUT2D eigenvalue weighted by molar-refractivity contribution is 7.89. The molecule has 1 spiro atoms. The minimum absolute atomic E-state index is 0.0992. The Hall–Kier alpha value is -1.12. The minimum Gasteiger partial charge on any atom is -0.292 e. The standard InChI is InChI=1S/C17H23F3N2O2S/c1-2-25(23,24)22-11-9-16(13-22)8-3-10-21(16)12-14-4-6-15(7-5-14)17(18,19)20/h4-7H,2-3,8-13H2,1H3/t16-/m1/s1. The zero-order chi connectivity index (χ0) is 18.3. The van der Waals surface area contributed by atoms with E-state index in [-0.39, 0.29) is 11.3 Å². The topological polar surface area (TPSA) is 40.6 Å². The van der Waals surface area contributed by atoms with Crippen LogP contribution in [0.4, 0.5) is 13.2 Å². The molecule has 2 fully saturated rings. The first-order valence-corrected chi connectivity index (χ1v) is 10.2. The summed E-state index contributed by atoms with van der Waals surface area (Å²) in [4.78, 5) is 2.25. The van der Waals surface area contributed by atoms with Crippen LogP contribution in [0.5, 0.6) is 0 Å². The third kappa shape index (κ3) is 3.71. The molecule has 0 aromatic heterocycles. The van der Waals surface area contributed by atoms with Crippen molar-refractivity contribution in [3.63, 3.8) is 0 Å². The maximum atomic E-state index is 12.7. The molecule has 1 aromatic rings. The number of likely N-dealkylation sites (tertiary alicyclic amines) is 1. The third-order valence-electron chi connectivity index (χ3n) is 5.45. The Balaban J connectivity index is 1.73. The van der Waals surface area contributed by atoms with Gasteiger partial charge in [-0.2, -0.15) is 13.2 Å². The Bertz CT molecular complexity index is 718. The summed E-state index contributed by atoms with van der Waals surface area (Å²) in [5.74, 6) is 0.0992. The monoisotopic (exact) mass is 376 g/mol. The van der Waals surface area contributed by atoms with Gasteiger partial charge in [-0.1, -0.05) is 12.1 Å². The van der Waals surface area contributed by atoms with E-state index in [2.05, 4.69) is 4.90 Å². The van der Waals surface area contributed by atoms with Crippen molar-refractivity contribution >= 4 is 10.0 Å². The lowest BCUT2D eigenvalue weighted by Gasteiger charge is -2.35. The summed E-state index contributed by atoms with van der Waals surface area (Å²) in [6, 6.07) is 5.26. The quantitative estimate of drug-likeness (QED) is 0.811. The van der Waals surface area contributed by atoms with Crippen molar-refractivity contribution in [3.8, 4) is 0 Å². The van der Waals surface area contributed by atoms with Crippen LogP contribution < -0.4 is 0 Å². The second-order valence-electron chi connectivity index (χ2n) is 6.93. The van der Waals surface area contributed by atoms with Crippen LogP contribution in [0.1, 0.15) is 37.3 Å². The summed E-state index contributed by atoms with van der Waals surface area (Å²) in [5, 5.41) is 0. The smallest absolute Gasteiger partial charge is 0.292 e. The Morgan fingerprint density at radius 3 is 2.40 bits per heavy atom. The lowest BCUT2D eigenvalue weighted by Crippen LogP contribution is -2.46. The summed E-state index contributed by atoms with van der Waals surface area (Å²) in [6.07, 6.45) is -1.62. The number of nitrogens with zero attached hydrogens (tertiary/aromatic N) is 2. The molecule has 0 amide bonds. The maximum absolute atomic E-state index is 12.7. The molecule has 0 aliphatic carbocycles. The molecule has 0 bridgehead atoms. The van der Waals surface area contributed by atoms with E-state index in [4.69, 9.17) is 0 Å². The highest BCUT2D eigenvalue weighted by Gasteiger charge is 2.48. The van der Waals surface area contributed by atoms with Gasteiger partial charge in [0.1, 0.15) is 0 Å². The highest BCUT2D eigenvalue weighted by Crippen LogP contribution is 2.39. The van der Waals surface area contributed by atoms with E-state index in [1.54, 1.807) is 11.2 Å². The second kappa shape index (κ2) is 6.55.